The van der Waals surface area contributed by atoms with Crippen molar-refractivity contribution >= 4 is 11.6 Å². The van der Waals surface area contributed by atoms with Crippen molar-refractivity contribution in [3.63, 3.8) is 0 Å². The van der Waals surface area contributed by atoms with Gasteiger partial charge in [-0.25, -0.2) is 0 Å². The summed E-state index contributed by atoms with van der Waals surface area (Å²) in [4.78, 5) is 17.1. The molecule has 0 spiro atoms. The van der Waals surface area contributed by atoms with Gasteiger partial charge >= 0.3 is 0 Å². The highest BCUT2D eigenvalue weighted by molar-refractivity contribution is 6.45. The monoisotopic (exact) mass is 428 g/mol. The Morgan fingerprint density at radius 2 is 1.69 bits per heavy atom. The Bertz CT molecular complexity index is 1120. The minimum absolute atomic E-state index is 0.221. The number of carbonyl (C=O) groups is 1. The first kappa shape index (κ1) is 21.6. The first-order valence-corrected chi connectivity index (χ1v) is 10.9. The fourth-order valence-corrected chi connectivity index (χ4v) is 4.46. The van der Waals surface area contributed by atoms with Crippen molar-refractivity contribution in [3.05, 3.63) is 101 Å². The zero-order valence-corrected chi connectivity index (χ0v) is 18.7. The van der Waals surface area contributed by atoms with Gasteiger partial charge in [-0.2, -0.15) is 0 Å². The van der Waals surface area contributed by atoms with E-state index in [1.165, 1.54) is 23.8 Å². The summed E-state index contributed by atoms with van der Waals surface area (Å²) in [5, 5.41) is 6.51. The van der Waals surface area contributed by atoms with Crippen molar-refractivity contribution in [1.29, 1.82) is 0 Å². The number of fused-ring (bicyclic) bond motifs is 1. The van der Waals surface area contributed by atoms with Gasteiger partial charge in [-0.1, -0.05) is 72.7 Å². The van der Waals surface area contributed by atoms with E-state index >= 15 is 0 Å². The predicted molar refractivity (Wildman–Crippen MR) is 126 cm³/mol. The largest absolute Gasteiger partial charge is 0.489 e. The smallest absolute Gasteiger partial charge is 0.273 e. The Morgan fingerprint density at radius 1 is 1.00 bits per heavy atom. The lowest BCUT2D eigenvalue weighted by Gasteiger charge is -2.14. The van der Waals surface area contributed by atoms with Crippen LogP contribution < -0.4 is 10.1 Å². The molecular weight excluding hydrogens is 400 g/mol. The molecule has 3 aromatic rings. The molecule has 0 fully saturated rings. The van der Waals surface area contributed by atoms with Crippen LogP contribution in [0.25, 0.3) is 0 Å². The fraction of sp³-hybridized carbons (Fsp3) is 0.259. The van der Waals surface area contributed by atoms with Gasteiger partial charge in [0.2, 0.25) is 0 Å². The van der Waals surface area contributed by atoms with Crippen molar-refractivity contribution < 1.29 is 14.4 Å². The van der Waals surface area contributed by atoms with E-state index in [2.05, 4.69) is 53.8 Å². The molecule has 0 saturated carbocycles. The highest BCUT2D eigenvalue weighted by Crippen LogP contribution is 2.44. The number of benzene rings is 3. The molecule has 164 valence electrons. The summed E-state index contributed by atoms with van der Waals surface area (Å²) in [6, 6.07) is 24.6. The average Bonchev–Trinajstić information content (AvgIpc) is 3.18. The summed E-state index contributed by atoms with van der Waals surface area (Å²) >= 11 is 0. The maximum absolute atomic E-state index is 12.2. The Hall–Kier alpha value is -3.60. The Kier molecular flexibility index (Phi) is 6.55. The van der Waals surface area contributed by atoms with Crippen LogP contribution in [-0.2, 0) is 16.2 Å². The summed E-state index contributed by atoms with van der Waals surface area (Å²) in [7, 11) is 2.99. The molecular formula is C27H28N2O3. The van der Waals surface area contributed by atoms with Gasteiger partial charge in [-0.15, -0.1) is 0 Å². The van der Waals surface area contributed by atoms with Crippen LogP contribution in [0.3, 0.4) is 0 Å². The third-order valence-corrected chi connectivity index (χ3v) is 6.07. The lowest BCUT2D eigenvalue weighted by atomic mass is 9.93. The molecule has 0 aliphatic heterocycles. The van der Waals surface area contributed by atoms with Gasteiger partial charge in [0.05, 0.1) is 0 Å². The van der Waals surface area contributed by atoms with Crippen LogP contribution in [0.1, 0.15) is 53.0 Å². The summed E-state index contributed by atoms with van der Waals surface area (Å²) in [5.74, 6) is 1.48. The normalized spacial score (nSPS) is 17.5. The molecule has 0 radical (unpaired) electrons. The fourth-order valence-electron chi connectivity index (χ4n) is 4.46. The van der Waals surface area contributed by atoms with Gasteiger partial charge in [-0.3, -0.25) is 4.79 Å². The van der Waals surface area contributed by atoms with E-state index < -0.39 is 0 Å². The Labute approximate surface area is 189 Å². The van der Waals surface area contributed by atoms with Gasteiger partial charge < -0.3 is 14.9 Å². The number of likely N-dealkylation sites (N-methyl/N-ethyl adjacent to an activating group) is 1. The molecule has 0 saturated heterocycles. The van der Waals surface area contributed by atoms with Crippen LogP contribution in [0, 0.1) is 0 Å². The number of amides is 1. The summed E-state index contributed by atoms with van der Waals surface area (Å²) < 4.78 is 6.06. The number of hydrogen-bond acceptors (Lipinski definition) is 4. The predicted octanol–water partition coefficient (Wildman–Crippen LogP) is 5.00. The molecule has 5 nitrogen and oxygen atoms in total. The molecule has 1 aliphatic rings. The zero-order valence-electron chi connectivity index (χ0n) is 18.7. The molecule has 2 unspecified atom stereocenters. The van der Waals surface area contributed by atoms with Crippen LogP contribution in [0.4, 0.5) is 0 Å². The van der Waals surface area contributed by atoms with Crippen LogP contribution >= 0.6 is 0 Å². The van der Waals surface area contributed by atoms with Gasteiger partial charge in [0.15, 0.2) is 5.71 Å². The quantitative estimate of drug-likeness (QED) is 0.425. The second-order valence-electron chi connectivity index (χ2n) is 8.03. The number of oxime groups is 1. The van der Waals surface area contributed by atoms with Crippen molar-refractivity contribution in [2.45, 2.75) is 31.8 Å². The molecule has 5 heteroatoms. The molecule has 0 bridgehead atoms. The first-order chi connectivity index (χ1) is 15.6. The van der Waals surface area contributed by atoms with Gasteiger partial charge in [0, 0.05) is 18.5 Å². The summed E-state index contributed by atoms with van der Waals surface area (Å²) in [6.45, 7) is 2.62. The highest BCUT2D eigenvalue weighted by atomic mass is 16.6. The van der Waals surface area contributed by atoms with E-state index in [-0.39, 0.29) is 11.6 Å². The third kappa shape index (κ3) is 4.37. The molecule has 32 heavy (non-hydrogen) atoms. The van der Waals surface area contributed by atoms with E-state index in [1.807, 2.05) is 36.4 Å². The van der Waals surface area contributed by atoms with E-state index in [0.29, 0.717) is 24.0 Å². The Balaban J connectivity index is 1.50. The van der Waals surface area contributed by atoms with Crippen molar-refractivity contribution in [3.8, 4) is 5.75 Å². The van der Waals surface area contributed by atoms with Gasteiger partial charge in [0.1, 0.15) is 19.5 Å². The molecule has 3 aromatic carbocycles. The van der Waals surface area contributed by atoms with Crippen LogP contribution in [-0.4, -0.2) is 25.8 Å². The van der Waals surface area contributed by atoms with Crippen molar-refractivity contribution in [2.75, 3.05) is 14.2 Å². The maximum Gasteiger partial charge on any atom is 0.273 e. The maximum atomic E-state index is 12.2. The number of hydrogen-bond donors (Lipinski definition) is 1. The lowest BCUT2D eigenvalue weighted by Crippen LogP contribution is -2.29. The van der Waals surface area contributed by atoms with E-state index in [4.69, 9.17) is 9.57 Å². The topological polar surface area (TPSA) is 59.9 Å². The zero-order chi connectivity index (χ0) is 22.5. The average molecular weight is 429 g/mol. The second kappa shape index (κ2) is 9.69. The molecule has 2 atom stereocenters. The standard InChI is InChI=1S/C27H28N2O3/c1-18-16-25(24-11-7-6-9-22(18)24)19-12-14-21(15-13-19)32-17-20-8-4-5-10-23(20)26(29-31-3)27(30)28-2/h4-15,18,25H,16-17H2,1-3H3,(H,28,30). The van der Waals surface area contributed by atoms with E-state index in [0.717, 1.165) is 17.7 Å². The summed E-state index contributed by atoms with van der Waals surface area (Å²) in [6.07, 6.45) is 1.13. The van der Waals surface area contributed by atoms with E-state index in [1.54, 1.807) is 7.05 Å². The highest BCUT2D eigenvalue weighted by Gasteiger charge is 2.28. The third-order valence-electron chi connectivity index (χ3n) is 6.07. The minimum Gasteiger partial charge on any atom is -0.489 e. The molecule has 4 rings (SSSR count). The molecule has 1 aliphatic carbocycles. The molecule has 1 N–H and O–H groups in total. The number of carbonyl (C=O) groups excluding carboxylic acids is 1. The number of nitrogens with zero attached hydrogens (tertiary/aromatic N) is 1. The lowest BCUT2D eigenvalue weighted by molar-refractivity contribution is -0.114. The van der Waals surface area contributed by atoms with Crippen LogP contribution in [0.15, 0.2) is 78.0 Å². The van der Waals surface area contributed by atoms with Crippen molar-refractivity contribution in [1.82, 2.24) is 5.32 Å². The number of rotatable bonds is 7. The first-order valence-electron chi connectivity index (χ1n) is 10.9. The molecule has 1 amide bonds. The van der Waals surface area contributed by atoms with Gasteiger partial charge in [0.25, 0.3) is 5.91 Å². The second-order valence-corrected chi connectivity index (χ2v) is 8.03. The molecule has 0 heterocycles. The van der Waals surface area contributed by atoms with Gasteiger partial charge in [-0.05, 0) is 46.7 Å². The van der Waals surface area contributed by atoms with Crippen molar-refractivity contribution in [2.24, 2.45) is 5.16 Å². The number of nitrogens with one attached hydrogen (secondary N) is 1. The van der Waals surface area contributed by atoms with E-state index in [9.17, 15) is 4.79 Å². The molecule has 0 aromatic heterocycles. The Morgan fingerprint density at radius 3 is 2.41 bits per heavy atom. The number of ether oxygens (including phenoxy) is 1. The SMILES string of the molecule is CNC(=O)C(=NOC)c1ccccc1COc1ccc(C2CC(C)c3ccccc32)cc1. The minimum atomic E-state index is -0.310. The van der Waals surface area contributed by atoms with Crippen LogP contribution in [0.5, 0.6) is 5.75 Å². The van der Waals surface area contributed by atoms with Crippen LogP contribution in [0.2, 0.25) is 0 Å². The summed E-state index contributed by atoms with van der Waals surface area (Å²) in [5.41, 5.74) is 5.96.